The molecule has 2 aliphatic rings. The SMILES string of the molecule is CCNC(=NCC1CC1c1ccccc1)NC1CCN(CC(F)(F)F)C1.I. The Labute approximate surface area is 176 Å². The van der Waals surface area contributed by atoms with Gasteiger partial charge in [-0.1, -0.05) is 30.3 Å². The Balaban J connectivity index is 0.00000261. The first kappa shape index (κ1) is 22.3. The summed E-state index contributed by atoms with van der Waals surface area (Å²) in [6, 6.07) is 10.5. The molecule has 152 valence electrons. The van der Waals surface area contributed by atoms with Crippen molar-refractivity contribution in [1.82, 2.24) is 15.5 Å². The number of nitrogens with one attached hydrogen (secondary N) is 2. The number of rotatable bonds is 6. The lowest BCUT2D eigenvalue weighted by molar-refractivity contribution is -0.143. The summed E-state index contributed by atoms with van der Waals surface area (Å²) in [7, 11) is 0. The first-order valence-corrected chi connectivity index (χ1v) is 9.33. The van der Waals surface area contributed by atoms with E-state index in [4.69, 9.17) is 0 Å². The van der Waals surface area contributed by atoms with Crippen molar-refractivity contribution in [2.45, 2.75) is 37.9 Å². The molecule has 1 aromatic carbocycles. The Morgan fingerprint density at radius 1 is 1.26 bits per heavy atom. The summed E-state index contributed by atoms with van der Waals surface area (Å²) in [6.07, 6.45) is -2.28. The van der Waals surface area contributed by atoms with Gasteiger partial charge < -0.3 is 10.6 Å². The number of likely N-dealkylation sites (tertiary alicyclic amines) is 1. The molecule has 0 radical (unpaired) electrons. The second-order valence-electron chi connectivity index (χ2n) is 7.21. The van der Waals surface area contributed by atoms with E-state index in [0.717, 1.165) is 19.5 Å². The molecular weight excluding hydrogens is 468 g/mol. The second-order valence-corrected chi connectivity index (χ2v) is 7.21. The van der Waals surface area contributed by atoms with Crippen LogP contribution in [0.4, 0.5) is 13.2 Å². The summed E-state index contributed by atoms with van der Waals surface area (Å²) in [5.41, 5.74) is 1.37. The molecular formula is C19H28F3IN4. The van der Waals surface area contributed by atoms with Crippen LogP contribution in [0, 0.1) is 5.92 Å². The molecule has 1 heterocycles. The maximum atomic E-state index is 12.5. The predicted octanol–water partition coefficient (Wildman–Crippen LogP) is 3.60. The molecule has 27 heavy (non-hydrogen) atoms. The number of nitrogens with zero attached hydrogens (tertiary/aromatic N) is 2. The molecule has 2 N–H and O–H groups in total. The first-order valence-electron chi connectivity index (χ1n) is 9.33. The fourth-order valence-electron chi connectivity index (χ4n) is 3.63. The molecule has 4 nitrogen and oxygen atoms in total. The topological polar surface area (TPSA) is 39.7 Å². The van der Waals surface area contributed by atoms with E-state index in [1.54, 1.807) is 0 Å². The summed E-state index contributed by atoms with van der Waals surface area (Å²) >= 11 is 0. The Morgan fingerprint density at radius 2 is 2.00 bits per heavy atom. The molecule has 3 rings (SSSR count). The van der Waals surface area contributed by atoms with E-state index in [9.17, 15) is 13.2 Å². The Hall–Kier alpha value is -1.03. The standard InChI is InChI=1S/C19H27F3N4.HI/c1-2-23-18(25-16-8-9-26(12-16)13-19(20,21)22)24-11-15-10-17(15)14-6-4-3-5-7-14;/h3-7,15-17H,2,8-13H2,1H3,(H2,23,24,25);1H. The van der Waals surface area contributed by atoms with E-state index in [0.29, 0.717) is 37.3 Å². The second kappa shape index (κ2) is 9.95. The lowest BCUT2D eigenvalue weighted by Gasteiger charge is -2.19. The fourth-order valence-corrected chi connectivity index (χ4v) is 3.63. The van der Waals surface area contributed by atoms with Gasteiger partial charge in [0.1, 0.15) is 0 Å². The Morgan fingerprint density at radius 3 is 2.67 bits per heavy atom. The highest BCUT2D eigenvalue weighted by atomic mass is 127. The minimum Gasteiger partial charge on any atom is -0.357 e. The van der Waals surface area contributed by atoms with Crippen molar-refractivity contribution in [2.24, 2.45) is 10.9 Å². The number of benzene rings is 1. The summed E-state index contributed by atoms with van der Waals surface area (Å²) in [6.45, 7) is 3.51. The van der Waals surface area contributed by atoms with Gasteiger partial charge in [0.2, 0.25) is 0 Å². The van der Waals surface area contributed by atoms with Gasteiger partial charge in [0.25, 0.3) is 0 Å². The van der Waals surface area contributed by atoms with Gasteiger partial charge in [0.15, 0.2) is 5.96 Å². The van der Waals surface area contributed by atoms with Crippen molar-refractivity contribution in [3.63, 3.8) is 0 Å². The first-order chi connectivity index (χ1) is 12.4. The van der Waals surface area contributed by atoms with Gasteiger partial charge in [-0.3, -0.25) is 9.89 Å². The van der Waals surface area contributed by atoms with Crippen LogP contribution in [0.3, 0.4) is 0 Å². The molecule has 1 aliphatic carbocycles. The van der Waals surface area contributed by atoms with Crippen LogP contribution < -0.4 is 10.6 Å². The average molecular weight is 496 g/mol. The number of halogens is 4. The lowest BCUT2D eigenvalue weighted by atomic mass is 10.1. The zero-order valence-corrected chi connectivity index (χ0v) is 17.8. The minimum atomic E-state index is -4.13. The van der Waals surface area contributed by atoms with E-state index in [-0.39, 0.29) is 30.0 Å². The molecule has 0 aromatic heterocycles. The van der Waals surface area contributed by atoms with Crippen molar-refractivity contribution in [2.75, 3.05) is 32.7 Å². The summed E-state index contributed by atoms with van der Waals surface area (Å²) in [4.78, 5) is 6.12. The molecule has 1 aromatic rings. The summed E-state index contributed by atoms with van der Waals surface area (Å²) in [5.74, 6) is 1.85. The highest BCUT2D eigenvalue weighted by Crippen LogP contribution is 2.47. The number of aliphatic imine (C=N–C) groups is 1. The normalized spacial score (nSPS) is 25.8. The van der Waals surface area contributed by atoms with Gasteiger partial charge in [-0.2, -0.15) is 13.2 Å². The quantitative estimate of drug-likeness (QED) is 0.359. The molecule has 3 atom stereocenters. The van der Waals surface area contributed by atoms with Gasteiger partial charge in [0.05, 0.1) is 6.54 Å². The molecule has 0 spiro atoms. The maximum Gasteiger partial charge on any atom is 0.401 e. The number of hydrogen-bond donors (Lipinski definition) is 2. The average Bonchev–Trinajstić information content (AvgIpc) is 3.25. The van der Waals surface area contributed by atoms with Crippen LogP contribution in [0.25, 0.3) is 0 Å². The smallest absolute Gasteiger partial charge is 0.357 e. The van der Waals surface area contributed by atoms with Crippen LogP contribution in [0.1, 0.15) is 31.2 Å². The van der Waals surface area contributed by atoms with Crippen LogP contribution in [-0.4, -0.2) is 55.8 Å². The van der Waals surface area contributed by atoms with Gasteiger partial charge in [-0.15, -0.1) is 24.0 Å². The summed E-state index contributed by atoms with van der Waals surface area (Å²) in [5, 5.41) is 6.51. The summed E-state index contributed by atoms with van der Waals surface area (Å²) < 4.78 is 37.5. The fraction of sp³-hybridized carbons (Fsp3) is 0.632. The third-order valence-corrected chi connectivity index (χ3v) is 4.99. The van der Waals surface area contributed by atoms with E-state index in [2.05, 4.69) is 39.9 Å². The lowest BCUT2D eigenvalue weighted by Crippen LogP contribution is -2.45. The van der Waals surface area contributed by atoms with Crippen LogP contribution in [0.2, 0.25) is 0 Å². The van der Waals surface area contributed by atoms with E-state index in [1.165, 1.54) is 10.5 Å². The van der Waals surface area contributed by atoms with E-state index in [1.807, 2.05) is 13.0 Å². The maximum absolute atomic E-state index is 12.5. The molecule has 0 amide bonds. The minimum absolute atomic E-state index is 0. The van der Waals surface area contributed by atoms with Gasteiger partial charge in [-0.25, -0.2) is 0 Å². The zero-order valence-electron chi connectivity index (χ0n) is 15.5. The Bertz CT molecular complexity index is 609. The number of alkyl halides is 3. The van der Waals surface area contributed by atoms with Crippen LogP contribution in [-0.2, 0) is 0 Å². The van der Waals surface area contributed by atoms with Crippen LogP contribution in [0.15, 0.2) is 35.3 Å². The van der Waals surface area contributed by atoms with Crippen LogP contribution >= 0.6 is 24.0 Å². The molecule has 1 saturated carbocycles. The third-order valence-electron chi connectivity index (χ3n) is 4.99. The van der Waals surface area contributed by atoms with Crippen molar-refractivity contribution in [3.8, 4) is 0 Å². The van der Waals surface area contributed by atoms with Gasteiger partial charge in [0, 0.05) is 32.2 Å². The number of hydrogen-bond acceptors (Lipinski definition) is 2. The molecule has 2 fully saturated rings. The van der Waals surface area contributed by atoms with Crippen molar-refractivity contribution in [1.29, 1.82) is 0 Å². The molecule has 3 unspecified atom stereocenters. The van der Waals surface area contributed by atoms with Crippen molar-refractivity contribution >= 4 is 29.9 Å². The third kappa shape index (κ3) is 7.14. The van der Waals surface area contributed by atoms with Gasteiger partial charge >= 0.3 is 6.18 Å². The van der Waals surface area contributed by atoms with Crippen molar-refractivity contribution < 1.29 is 13.2 Å². The molecule has 1 aliphatic heterocycles. The largest absolute Gasteiger partial charge is 0.401 e. The monoisotopic (exact) mass is 496 g/mol. The van der Waals surface area contributed by atoms with Crippen LogP contribution in [0.5, 0.6) is 0 Å². The number of guanidine groups is 1. The van der Waals surface area contributed by atoms with E-state index >= 15 is 0 Å². The molecule has 1 saturated heterocycles. The Kier molecular flexibility index (Phi) is 8.20. The highest BCUT2D eigenvalue weighted by molar-refractivity contribution is 14.0. The van der Waals surface area contributed by atoms with E-state index < -0.39 is 12.7 Å². The predicted molar refractivity (Wildman–Crippen MR) is 113 cm³/mol. The van der Waals surface area contributed by atoms with Crippen molar-refractivity contribution in [3.05, 3.63) is 35.9 Å². The highest BCUT2D eigenvalue weighted by Gasteiger charge is 2.38. The molecule has 0 bridgehead atoms. The van der Waals surface area contributed by atoms with Gasteiger partial charge in [-0.05, 0) is 37.2 Å². The zero-order chi connectivity index (χ0) is 18.6. The molecule has 8 heteroatoms.